The molecule has 4 rings (SSSR count). The standard InChI is InChI=1S/C19H26N2O/c22-18(16-6-4-8-17-15(16)7-5-12-20-17)21-13-11-19(14-21)9-2-1-3-10-19/h4,6,8,20H,1-3,5,7,9-14H2. The van der Waals surface area contributed by atoms with Crippen LogP contribution in [-0.4, -0.2) is 30.4 Å². The fourth-order valence-corrected chi connectivity index (χ4v) is 4.70. The van der Waals surface area contributed by atoms with Crippen molar-refractivity contribution in [1.29, 1.82) is 0 Å². The first-order chi connectivity index (χ1) is 10.8. The minimum Gasteiger partial charge on any atom is -0.385 e. The Morgan fingerprint density at radius 3 is 2.82 bits per heavy atom. The lowest BCUT2D eigenvalue weighted by atomic mass is 9.73. The van der Waals surface area contributed by atoms with Gasteiger partial charge >= 0.3 is 0 Å². The van der Waals surface area contributed by atoms with Gasteiger partial charge in [-0.15, -0.1) is 0 Å². The first-order valence-electron chi connectivity index (χ1n) is 8.93. The molecular formula is C19H26N2O. The molecule has 1 aromatic carbocycles. The summed E-state index contributed by atoms with van der Waals surface area (Å²) in [6.07, 6.45) is 10.1. The zero-order chi connectivity index (χ0) is 15.0. The van der Waals surface area contributed by atoms with Gasteiger partial charge in [-0.2, -0.15) is 0 Å². The van der Waals surface area contributed by atoms with Crippen molar-refractivity contribution < 1.29 is 4.79 Å². The van der Waals surface area contributed by atoms with Crippen molar-refractivity contribution in [2.45, 2.75) is 51.4 Å². The first kappa shape index (κ1) is 14.1. The van der Waals surface area contributed by atoms with E-state index >= 15 is 0 Å². The highest BCUT2D eigenvalue weighted by molar-refractivity contribution is 5.97. The Kier molecular flexibility index (Phi) is 3.59. The Bertz CT molecular complexity index is 575. The molecule has 0 unspecified atom stereocenters. The number of carbonyl (C=O) groups excluding carboxylic acids is 1. The molecule has 3 heteroatoms. The summed E-state index contributed by atoms with van der Waals surface area (Å²) in [7, 11) is 0. The summed E-state index contributed by atoms with van der Waals surface area (Å²) >= 11 is 0. The number of benzene rings is 1. The van der Waals surface area contributed by atoms with Crippen LogP contribution in [0.2, 0.25) is 0 Å². The second-order valence-electron chi connectivity index (χ2n) is 7.40. The summed E-state index contributed by atoms with van der Waals surface area (Å²) in [5, 5.41) is 3.43. The molecule has 0 radical (unpaired) electrons. The van der Waals surface area contributed by atoms with Gasteiger partial charge in [-0.05, 0) is 55.2 Å². The molecule has 2 heterocycles. The smallest absolute Gasteiger partial charge is 0.254 e. The topological polar surface area (TPSA) is 32.3 Å². The number of fused-ring (bicyclic) bond motifs is 1. The summed E-state index contributed by atoms with van der Waals surface area (Å²) in [6.45, 7) is 2.97. The van der Waals surface area contributed by atoms with Crippen molar-refractivity contribution in [3.05, 3.63) is 29.3 Å². The number of hydrogen-bond donors (Lipinski definition) is 1. The van der Waals surface area contributed by atoms with E-state index in [1.165, 1.54) is 49.8 Å². The minimum absolute atomic E-state index is 0.267. The van der Waals surface area contributed by atoms with E-state index in [2.05, 4.69) is 16.3 Å². The van der Waals surface area contributed by atoms with Crippen LogP contribution in [0, 0.1) is 5.41 Å². The molecule has 1 spiro atoms. The second-order valence-corrected chi connectivity index (χ2v) is 7.40. The van der Waals surface area contributed by atoms with Gasteiger partial charge in [0.1, 0.15) is 0 Å². The zero-order valence-electron chi connectivity index (χ0n) is 13.4. The number of nitrogens with one attached hydrogen (secondary N) is 1. The van der Waals surface area contributed by atoms with Gasteiger partial charge in [0, 0.05) is 30.9 Å². The summed E-state index contributed by atoms with van der Waals surface area (Å²) in [6, 6.07) is 6.16. The molecule has 3 nitrogen and oxygen atoms in total. The molecule has 1 aromatic rings. The highest BCUT2D eigenvalue weighted by Gasteiger charge is 2.40. The highest BCUT2D eigenvalue weighted by Crippen LogP contribution is 2.44. The number of rotatable bonds is 1. The summed E-state index contributed by atoms with van der Waals surface area (Å²) in [5.74, 6) is 0.267. The molecule has 1 N–H and O–H groups in total. The molecule has 118 valence electrons. The van der Waals surface area contributed by atoms with Crippen molar-refractivity contribution in [2.75, 3.05) is 25.0 Å². The van der Waals surface area contributed by atoms with E-state index in [9.17, 15) is 4.79 Å². The summed E-state index contributed by atoms with van der Waals surface area (Å²) < 4.78 is 0. The lowest BCUT2D eigenvalue weighted by Gasteiger charge is -2.33. The van der Waals surface area contributed by atoms with Gasteiger partial charge in [-0.3, -0.25) is 4.79 Å². The lowest BCUT2D eigenvalue weighted by molar-refractivity contribution is 0.0758. The fourth-order valence-electron chi connectivity index (χ4n) is 4.70. The number of likely N-dealkylation sites (tertiary alicyclic amines) is 1. The van der Waals surface area contributed by atoms with Crippen LogP contribution in [-0.2, 0) is 6.42 Å². The molecule has 1 amide bonds. The molecule has 0 bridgehead atoms. The van der Waals surface area contributed by atoms with Gasteiger partial charge in [0.25, 0.3) is 5.91 Å². The van der Waals surface area contributed by atoms with Crippen molar-refractivity contribution in [1.82, 2.24) is 4.90 Å². The second kappa shape index (κ2) is 5.60. The average Bonchev–Trinajstić information content (AvgIpc) is 2.98. The molecule has 3 aliphatic rings. The molecule has 2 fully saturated rings. The summed E-state index contributed by atoms with van der Waals surface area (Å²) in [4.78, 5) is 15.2. The van der Waals surface area contributed by atoms with Crippen LogP contribution in [0.5, 0.6) is 0 Å². The van der Waals surface area contributed by atoms with Crippen LogP contribution in [0.25, 0.3) is 0 Å². The molecule has 0 atom stereocenters. The maximum Gasteiger partial charge on any atom is 0.254 e. The maximum absolute atomic E-state index is 13.0. The van der Waals surface area contributed by atoms with Gasteiger partial charge in [-0.25, -0.2) is 0 Å². The molecule has 22 heavy (non-hydrogen) atoms. The van der Waals surface area contributed by atoms with E-state index in [0.717, 1.165) is 38.0 Å². The normalized spacial score (nSPS) is 23.2. The van der Waals surface area contributed by atoms with Crippen molar-refractivity contribution in [3.8, 4) is 0 Å². The Balaban J connectivity index is 1.55. The molecule has 1 aliphatic carbocycles. The van der Waals surface area contributed by atoms with E-state index in [4.69, 9.17) is 0 Å². The van der Waals surface area contributed by atoms with E-state index in [1.54, 1.807) is 0 Å². The van der Waals surface area contributed by atoms with E-state index in [-0.39, 0.29) is 5.91 Å². The quantitative estimate of drug-likeness (QED) is 0.854. The highest BCUT2D eigenvalue weighted by atomic mass is 16.2. The number of anilines is 1. The van der Waals surface area contributed by atoms with Crippen LogP contribution < -0.4 is 5.32 Å². The molecule has 2 aliphatic heterocycles. The number of hydrogen-bond acceptors (Lipinski definition) is 2. The predicted octanol–water partition coefficient (Wildman–Crippen LogP) is 3.84. The maximum atomic E-state index is 13.0. The largest absolute Gasteiger partial charge is 0.385 e. The summed E-state index contributed by atoms with van der Waals surface area (Å²) in [5.41, 5.74) is 3.80. The van der Waals surface area contributed by atoms with Gasteiger partial charge in [-0.1, -0.05) is 25.3 Å². The zero-order valence-corrected chi connectivity index (χ0v) is 13.4. The minimum atomic E-state index is 0.267. The first-order valence-corrected chi connectivity index (χ1v) is 8.93. The third-order valence-corrected chi connectivity index (χ3v) is 5.97. The SMILES string of the molecule is O=C(c1cccc2c1CCCN2)N1CCC2(CCCCC2)C1. The third-order valence-electron chi connectivity index (χ3n) is 5.97. The van der Waals surface area contributed by atoms with Crippen molar-refractivity contribution in [3.63, 3.8) is 0 Å². The molecular weight excluding hydrogens is 272 g/mol. The van der Waals surface area contributed by atoms with Crippen molar-refractivity contribution in [2.24, 2.45) is 5.41 Å². The van der Waals surface area contributed by atoms with Crippen LogP contribution in [0.3, 0.4) is 0 Å². The predicted molar refractivity (Wildman–Crippen MR) is 89.3 cm³/mol. The molecule has 1 saturated carbocycles. The van der Waals surface area contributed by atoms with Crippen LogP contribution in [0.4, 0.5) is 5.69 Å². The van der Waals surface area contributed by atoms with Crippen LogP contribution in [0.1, 0.15) is 60.9 Å². The van der Waals surface area contributed by atoms with E-state index in [0.29, 0.717) is 5.41 Å². The van der Waals surface area contributed by atoms with Crippen molar-refractivity contribution >= 4 is 11.6 Å². The van der Waals surface area contributed by atoms with E-state index in [1.807, 2.05) is 12.1 Å². The fraction of sp³-hybridized carbons (Fsp3) is 0.632. The lowest BCUT2D eigenvalue weighted by Crippen LogP contribution is -2.34. The average molecular weight is 298 g/mol. The van der Waals surface area contributed by atoms with Crippen LogP contribution in [0.15, 0.2) is 18.2 Å². The number of carbonyl (C=O) groups is 1. The van der Waals surface area contributed by atoms with Gasteiger partial charge < -0.3 is 10.2 Å². The Labute approximate surface area is 133 Å². The van der Waals surface area contributed by atoms with Gasteiger partial charge in [0.2, 0.25) is 0 Å². The van der Waals surface area contributed by atoms with Crippen LogP contribution >= 0.6 is 0 Å². The number of amides is 1. The third kappa shape index (κ3) is 2.41. The monoisotopic (exact) mass is 298 g/mol. The van der Waals surface area contributed by atoms with Gasteiger partial charge in [0.15, 0.2) is 0 Å². The molecule has 1 saturated heterocycles. The van der Waals surface area contributed by atoms with Gasteiger partial charge in [0.05, 0.1) is 0 Å². The Hall–Kier alpha value is -1.51. The Morgan fingerprint density at radius 2 is 1.95 bits per heavy atom. The Morgan fingerprint density at radius 1 is 1.09 bits per heavy atom. The number of nitrogens with zero attached hydrogens (tertiary/aromatic N) is 1. The molecule has 0 aromatic heterocycles. The van der Waals surface area contributed by atoms with E-state index < -0.39 is 0 Å².